The molecule has 2 atom stereocenters. The molecule has 2 heterocycles. The van der Waals surface area contributed by atoms with Crippen LogP contribution >= 0.6 is 0 Å². The summed E-state index contributed by atoms with van der Waals surface area (Å²) in [6.45, 7) is 7.84. The number of fused-ring (bicyclic) bond motifs is 1. The Kier molecular flexibility index (Phi) is 3.49. The first-order valence-electron chi connectivity index (χ1n) is 7.18. The third-order valence-electron chi connectivity index (χ3n) is 3.83. The highest BCUT2D eigenvalue weighted by Crippen LogP contribution is 2.37. The molecule has 4 nitrogen and oxygen atoms in total. The maximum atomic E-state index is 5.93. The van der Waals surface area contributed by atoms with Crippen LogP contribution in [-0.4, -0.2) is 22.9 Å². The Labute approximate surface area is 119 Å². The summed E-state index contributed by atoms with van der Waals surface area (Å²) in [6, 6.07) is 10.8. The lowest BCUT2D eigenvalue weighted by Gasteiger charge is -2.34. The number of benzene rings is 1. The van der Waals surface area contributed by atoms with E-state index in [2.05, 4.69) is 47.1 Å². The van der Waals surface area contributed by atoms with E-state index in [1.165, 1.54) is 11.3 Å². The van der Waals surface area contributed by atoms with Gasteiger partial charge in [0.2, 0.25) is 0 Å². The van der Waals surface area contributed by atoms with Gasteiger partial charge < -0.3 is 10.1 Å². The smallest absolute Gasteiger partial charge is 0.124 e. The first kappa shape index (κ1) is 13.2. The van der Waals surface area contributed by atoms with Crippen molar-refractivity contribution in [3.05, 3.63) is 47.3 Å². The third kappa shape index (κ3) is 2.20. The lowest BCUT2D eigenvalue weighted by Crippen LogP contribution is -2.37. The van der Waals surface area contributed by atoms with Gasteiger partial charge in [-0.15, -0.1) is 0 Å². The van der Waals surface area contributed by atoms with Crippen molar-refractivity contribution in [1.82, 2.24) is 15.1 Å². The topological polar surface area (TPSA) is 39.1 Å². The molecule has 0 spiro atoms. The number of likely N-dealkylation sites (N-methyl/N-ethyl adjacent to an activating group) is 1. The van der Waals surface area contributed by atoms with Gasteiger partial charge in [-0.25, -0.2) is 0 Å². The van der Waals surface area contributed by atoms with Gasteiger partial charge in [0.15, 0.2) is 0 Å². The summed E-state index contributed by atoms with van der Waals surface area (Å²) in [5, 5.41) is 8.22. The first-order valence-corrected chi connectivity index (χ1v) is 7.18. The summed E-state index contributed by atoms with van der Waals surface area (Å²) in [5.74, 6) is 0.983. The number of para-hydroxylation sites is 1. The van der Waals surface area contributed by atoms with Crippen LogP contribution in [0.3, 0.4) is 0 Å². The number of hydrogen-bond acceptors (Lipinski definition) is 3. The molecule has 1 N–H and O–H groups in total. The van der Waals surface area contributed by atoms with Crippen molar-refractivity contribution >= 4 is 0 Å². The number of ether oxygens (including phenoxy) is 1. The molecule has 0 saturated carbocycles. The number of nitrogens with one attached hydrogen (secondary N) is 1. The highest BCUT2D eigenvalue weighted by molar-refractivity contribution is 5.38. The monoisotopic (exact) mass is 271 g/mol. The summed E-state index contributed by atoms with van der Waals surface area (Å²) in [4.78, 5) is 0. The largest absolute Gasteiger partial charge is 0.491 e. The van der Waals surface area contributed by atoms with Crippen LogP contribution in [0, 0.1) is 13.8 Å². The van der Waals surface area contributed by atoms with Gasteiger partial charge in [-0.05, 0) is 32.5 Å². The molecule has 2 unspecified atom stereocenters. The van der Waals surface area contributed by atoms with Crippen LogP contribution in [0.4, 0.5) is 0 Å². The Morgan fingerprint density at radius 3 is 2.85 bits per heavy atom. The molecule has 1 aliphatic rings. The fourth-order valence-corrected chi connectivity index (χ4v) is 3.01. The minimum absolute atomic E-state index is 0.193. The molecule has 106 valence electrons. The van der Waals surface area contributed by atoms with Crippen molar-refractivity contribution in [2.75, 3.05) is 13.2 Å². The second-order valence-electron chi connectivity index (χ2n) is 5.32. The van der Waals surface area contributed by atoms with Crippen molar-refractivity contribution in [2.45, 2.75) is 32.9 Å². The third-order valence-corrected chi connectivity index (χ3v) is 3.83. The fourth-order valence-electron chi connectivity index (χ4n) is 3.01. The van der Waals surface area contributed by atoms with Crippen molar-refractivity contribution < 1.29 is 4.74 Å². The van der Waals surface area contributed by atoms with Gasteiger partial charge in [-0.1, -0.05) is 25.1 Å². The summed E-state index contributed by atoms with van der Waals surface area (Å²) in [5.41, 5.74) is 3.45. The molecule has 3 rings (SSSR count). The highest BCUT2D eigenvalue weighted by Gasteiger charge is 2.32. The highest BCUT2D eigenvalue weighted by atomic mass is 16.5. The van der Waals surface area contributed by atoms with Crippen LogP contribution in [0.15, 0.2) is 30.3 Å². The quantitative estimate of drug-likeness (QED) is 0.933. The van der Waals surface area contributed by atoms with Gasteiger partial charge in [0.05, 0.1) is 11.7 Å². The van der Waals surface area contributed by atoms with Gasteiger partial charge >= 0.3 is 0 Å². The van der Waals surface area contributed by atoms with Gasteiger partial charge in [0, 0.05) is 11.3 Å². The van der Waals surface area contributed by atoms with Crippen LogP contribution in [-0.2, 0) is 0 Å². The van der Waals surface area contributed by atoms with E-state index < -0.39 is 0 Å². The average molecular weight is 271 g/mol. The van der Waals surface area contributed by atoms with E-state index in [-0.39, 0.29) is 12.1 Å². The molecule has 2 aromatic rings. The van der Waals surface area contributed by atoms with E-state index in [0.29, 0.717) is 6.61 Å². The standard InChI is InChI=1S/C16H21N3O/c1-4-17-16-13-7-5-6-8-15(13)20-10-14(16)19-12(3)9-11(2)18-19/h5-9,14,16-17H,4,10H2,1-3H3. The lowest BCUT2D eigenvalue weighted by atomic mass is 9.96. The summed E-state index contributed by atoms with van der Waals surface area (Å²) in [7, 11) is 0. The van der Waals surface area contributed by atoms with Gasteiger partial charge in [0.25, 0.3) is 0 Å². The number of nitrogens with zero attached hydrogens (tertiary/aromatic N) is 2. The zero-order valence-electron chi connectivity index (χ0n) is 12.3. The molecule has 1 aromatic carbocycles. The molecule has 1 aliphatic heterocycles. The van der Waals surface area contributed by atoms with E-state index in [4.69, 9.17) is 4.74 Å². The van der Waals surface area contributed by atoms with Crippen LogP contribution in [0.2, 0.25) is 0 Å². The molecule has 0 saturated heterocycles. The Morgan fingerprint density at radius 1 is 1.35 bits per heavy atom. The van der Waals surface area contributed by atoms with Crippen molar-refractivity contribution in [3.63, 3.8) is 0 Å². The second-order valence-corrected chi connectivity index (χ2v) is 5.32. The first-order chi connectivity index (χ1) is 9.70. The normalized spacial score (nSPS) is 21.4. The Morgan fingerprint density at radius 2 is 2.15 bits per heavy atom. The van der Waals surface area contributed by atoms with E-state index in [9.17, 15) is 0 Å². The minimum Gasteiger partial charge on any atom is -0.491 e. The molecule has 0 aliphatic carbocycles. The van der Waals surface area contributed by atoms with Crippen LogP contribution in [0.5, 0.6) is 5.75 Å². The molecule has 1 aromatic heterocycles. The molecular formula is C16H21N3O. The lowest BCUT2D eigenvalue weighted by molar-refractivity contribution is 0.169. The number of aryl methyl sites for hydroxylation is 2. The molecule has 4 heteroatoms. The predicted octanol–water partition coefficient (Wildman–Crippen LogP) is 2.78. The van der Waals surface area contributed by atoms with Gasteiger partial charge in [-0.2, -0.15) is 5.10 Å². The fraction of sp³-hybridized carbons (Fsp3) is 0.438. The van der Waals surface area contributed by atoms with E-state index in [0.717, 1.165) is 18.0 Å². The Hall–Kier alpha value is -1.81. The van der Waals surface area contributed by atoms with Gasteiger partial charge in [0.1, 0.15) is 18.4 Å². The number of aromatic nitrogens is 2. The maximum Gasteiger partial charge on any atom is 0.124 e. The van der Waals surface area contributed by atoms with E-state index in [1.54, 1.807) is 0 Å². The molecule has 0 radical (unpaired) electrons. The molecular weight excluding hydrogens is 250 g/mol. The van der Waals surface area contributed by atoms with E-state index in [1.807, 2.05) is 19.1 Å². The van der Waals surface area contributed by atoms with Crippen LogP contribution in [0.1, 0.15) is 36.0 Å². The summed E-state index contributed by atoms with van der Waals surface area (Å²) in [6.07, 6.45) is 0. The maximum absolute atomic E-state index is 5.93. The zero-order valence-corrected chi connectivity index (χ0v) is 12.3. The molecule has 0 fully saturated rings. The number of hydrogen-bond donors (Lipinski definition) is 1. The average Bonchev–Trinajstić information content (AvgIpc) is 2.78. The summed E-state index contributed by atoms with van der Waals surface area (Å²) >= 11 is 0. The van der Waals surface area contributed by atoms with Crippen molar-refractivity contribution in [2.24, 2.45) is 0 Å². The van der Waals surface area contributed by atoms with Crippen molar-refractivity contribution in [1.29, 1.82) is 0 Å². The van der Waals surface area contributed by atoms with Crippen molar-refractivity contribution in [3.8, 4) is 5.75 Å². The SMILES string of the molecule is CCNC1c2ccccc2OCC1n1nc(C)cc1C. The minimum atomic E-state index is 0.193. The molecule has 0 amide bonds. The van der Waals surface area contributed by atoms with Crippen LogP contribution < -0.4 is 10.1 Å². The Balaban J connectivity index is 2.02. The summed E-state index contributed by atoms with van der Waals surface area (Å²) < 4.78 is 8.03. The number of rotatable bonds is 3. The molecule has 0 bridgehead atoms. The molecule has 20 heavy (non-hydrogen) atoms. The van der Waals surface area contributed by atoms with Gasteiger partial charge in [-0.3, -0.25) is 4.68 Å². The Bertz CT molecular complexity index is 606. The predicted molar refractivity (Wildman–Crippen MR) is 79.1 cm³/mol. The van der Waals surface area contributed by atoms with Crippen LogP contribution in [0.25, 0.3) is 0 Å². The second kappa shape index (κ2) is 5.29. The zero-order chi connectivity index (χ0) is 14.1. The van der Waals surface area contributed by atoms with E-state index >= 15 is 0 Å².